The van der Waals surface area contributed by atoms with E-state index >= 15 is 0 Å². The normalized spacial score (nSPS) is 20.7. The molecule has 1 aromatic heterocycles. The average molecular weight is 203 g/mol. The molecule has 2 heterocycles. The molecule has 0 amide bonds. The largest absolute Gasteiger partial charge is 0.361 e. The van der Waals surface area contributed by atoms with Gasteiger partial charge in [0.2, 0.25) is 0 Å². The van der Waals surface area contributed by atoms with Crippen molar-refractivity contribution in [2.45, 2.75) is 25.2 Å². The molecule has 0 unspecified atom stereocenters. The van der Waals surface area contributed by atoms with Crippen molar-refractivity contribution in [3.63, 3.8) is 0 Å². The first kappa shape index (κ1) is 10.5. The van der Waals surface area contributed by atoms with Crippen molar-refractivity contribution in [1.82, 2.24) is 10.5 Å². The summed E-state index contributed by atoms with van der Waals surface area (Å²) in [5.41, 5.74) is 0.210. The molecule has 0 saturated carbocycles. The van der Waals surface area contributed by atoms with Crippen LogP contribution in [0, 0.1) is 0 Å². The van der Waals surface area contributed by atoms with Crippen LogP contribution >= 0.6 is 12.4 Å². The molecule has 1 aliphatic heterocycles. The molecule has 1 aliphatic rings. The summed E-state index contributed by atoms with van der Waals surface area (Å²) in [6, 6.07) is 1.98. The fourth-order valence-electron chi connectivity index (χ4n) is 1.75. The third-order valence-corrected chi connectivity index (χ3v) is 2.74. The van der Waals surface area contributed by atoms with Crippen molar-refractivity contribution in [2.75, 3.05) is 13.1 Å². The van der Waals surface area contributed by atoms with Crippen molar-refractivity contribution in [3.8, 4) is 0 Å². The molecule has 0 radical (unpaired) electrons. The Morgan fingerprint density at radius 1 is 1.46 bits per heavy atom. The predicted octanol–water partition coefficient (Wildman–Crippen LogP) is 1.74. The van der Waals surface area contributed by atoms with Gasteiger partial charge in [-0.05, 0) is 25.9 Å². The molecule has 1 aromatic rings. The molecule has 74 valence electrons. The summed E-state index contributed by atoms with van der Waals surface area (Å²) in [6.07, 6.45) is 4.01. The Morgan fingerprint density at radius 3 is 2.69 bits per heavy atom. The van der Waals surface area contributed by atoms with Crippen molar-refractivity contribution in [1.29, 1.82) is 0 Å². The average Bonchev–Trinajstić information content (AvgIpc) is 2.58. The van der Waals surface area contributed by atoms with Crippen molar-refractivity contribution >= 4 is 12.4 Å². The Labute approximate surface area is 84.3 Å². The van der Waals surface area contributed by atoms with Crippen LogP contribution in [0.5, 0.6) is 0 Å². The lowest BCUT2D eigenvalue weighted by Crippen LogP contribution is -2.37. The highest BCUT2D eigenvalue weighted by Crippen LogP contribution is 2.32. The molecular weight excluding hydrogens is 188 g/mol. The zero-order valence-corrected chi connectivity index (χ0v) is 8.56. The first-order chi connectivity index (χ1) is 5.81. The van der Waals surface area contributed by atoms with Gasteiger partial charge in [0.05, 0.1) is 6.20 Å². The first-order valence-electron chi connectivity index (χ1n) is 4.43. The number of hydrogen-bond donors (Lipinski definition) is 1. The van der Waals surface area contributed by atoms with E-state index in [9.17, 15) is 0 Å². The molecule has 3 nitrogen and oxygen atoms in total. The minimum absolute atomic E-state index is 0. The molecule has 1 N–H and O–H groups in total. The lowest BCUT2D eigenvalue weighted by atomic mass is 9.79. The van der Waals surface area contributed by atoms with E-state index in [0.717, 1.165) is 31.7 Å². The fraction of sp³-hybridized carbons (Fsp3) is 0.667. The summed E-state index contributed by atoms with van der Waals surface area (Å²) in [7, 11) is 0. The van der Waals surface area contributed by atoms with Gasteiger partial charge in [0.15, 0.2) is 0 Å². The molecule has 4 heteroatoms. The number of piperidine rings is 1. The lowest BCUT2D eigenvalue weighted by Gasteiger charge is -2.31. The second-order valence-electron chi connectivity index (χ2n) is 3.69. The molecule has 0 aliphatic carbocycles. The van der Waals surface area contributed by atoms with Crippen LogP contribution in [-0.2, 0) is 5.41 Å². The van der Waals surface area contributed by atoms with Crippen LogP contribution in [0.4, 0.5) is 0 Å². The van der Waals surface area contributed by atoms with Crippen LogP contribution in [0.2, 0.25) is 0 Å². The first-order valence-corrected chi connectivity index (χ1v) is 4.43. The van der Waals surface area contributed by atoms with E-state index in [1.54, 1.807) is 6.20 Å². The summed E-state index contributed by atoms with van der Waals surface area (Å²) < 4.78 is 5.20. The lowest BCUT2D eigenvalue weighted by molar-refractivity contribution is 0.249. The molecule has 1 saturated heterocycles. The van der Waals surface area contributed by atoms with Gasteiger partial charge in [-0.1, -0.05) is 12.1 Å². The highest BCUT2D eigenvalue weighted by Gasteiger charge is 2.31. The van der Waals surface area contributed by atoms with E-state index in [0.29, 0.717) is 0 Å². The molecule has 13 heavy (non-hydrogen) atoms. The highest BCUT2D eigenvalue weighted by atomic mass is 35.5. The van der Waals surface area contributed by atoms with E-state index in [1.165, 1.54) is 0 Å². The molecule has 0 atom stereocenters. The number of aromatic nitrogens is 1. The Hall–Kier alpha value is -0.540. The van der Waals surface area contributed by atoms with Gasteiger partial charge in [-0.15, -0.1) is 12.4 Å². The van der Waals surface area contributed by atoms with Crippen molar-refractivity contribution in [2.24, 2.45) is 0 Å². The number of nitrogens with zero attached hydrogens (tertiary/aromatic N) is 1. The monoisotopic (exact) mass is 202 g/mol. The summed E-state index contributed by atoms with van der Waals surface area (Å²) in [4.78, 5) is 0. The SMILES string of the molecule is CC1(c2ccno2)CCNCC1.Cl. The Balaban J connectivity index is 0.000000845. The van der Waals surface area contributed by atoms with Gasteiger partial charge < -0.3 is 9.84 Å². The number of hydrogen-bond acceptors (Lipinski definition) is 3. The summed E-state index contributed by atoms with van der Waals surface area (Å²) in [5.74, 6) is 1.03. The van der Waals surface area contributed by atoms with E-state index in [1.807, 2.05) is 6.07 Å². The van der Waals surface area contributed by atoms with E-state index in [-0.39, 0.29) is 17.8 Å². The Bertz CT molecular complexity index is 242. The fourth-order valence-corrected chi connectivity index (χ4v) is 1.75. The smallest absolute Gasteiger partial charge is 0.142 e. The second-order valence-corrected chi connectivity index (χ2v) is 3.69. The number of nitrogens with one attached hydrogen (secondary N) is 1. The highest BCUT2D eigenvalue weighted by molar-refractivity contribution is 5.85. The molecule has 2 rings (SSSR count). The van der Waals surface area contributed by atoms with E-state index in [4.69, 9.17) is 4.52 Å². The second kappa shape index (κ2) is 4.11. The van der Waals surface area contributed by atoms with E-state index < -0.39 is 0 Å². The van der Waals surface area contributed by atoms with Gasteiger partial charge in [-0.3, -0.25) is 0 Å². The Morgan fingerprint density at radius 2 is 2.15 bits per heavy atom. The molecule has 0 bridgehead atoms. The van der Waals surface area contributed by atoms with Crippen molar-refractivity contribution in [3.05, 3.63) is 18.0 Å². The predicted molar refractivity (Wildman–Crippen MR) is 53.2 cm³/mol. The third-order valence-electron chi connectivity index (χ3n) is 2.74. The van der Waals surface area contributed by atoms with E-state index in [2.05, 4.69) is 17.4 Å². The summed E-state index contributed by atoms with van der Waals surface area (Å²) in [6.45, 7) is 4.41. The summed E-state index contributed by atoms with van der Waals surface area (Å²) >= 11 is 0. The van der Waals surface area contributed by atoms with Gasteiger partial charge in [-0.2, -0.15) is 0 Å². The minimum Gasteiger partial charge on any atom is -0.361 e. The standard InChI is InChI=1S/C9H14N2O.ClH/c1-9(3-6-10-7-4-9)8-2-5-11-12-8;/h2,5,10H,3-4,6-7H2,1H3;1H. The van der Waals surface area contributed by atoms with Gasteiger partial charge in [0, 0.05) is 11.5 Å². The maximum Gasteiger partial charge on any atom is 0.142 e. The summed E-state index contributed by atoms with van der Waals surface area (Å²) in [5, 5.41) is 7.09. The number of rotatable bonds is 1. The van der Waals surface area contributed by atoms with Crippen LogP contribution in [0.25, 0.3) is 0 Å². The topological polar surface area (TPSA) is 38.1 Å². The zero-order valence-electron chi connectivity index (χ0n) is 7.75. The minimum atomic E-state index is 0. The van der Waals surface area contributed by atoms with Crippen molar-refractivity contribution < 1.29 is 4.52 Å². The molecule has 0 aromatic carbocycles. The van der Waals surface area contributed by atoms with Crippen LogP contribution in [0.3, 0.4) is 0 Å². The van der Waals surface area contributed by atoms with Crippen LogP contribution < -0.4 is 5.32 Å². The van der Waals surface area contributed by atoms with Crippen LogP contribution in [-0.4, -0.2) is 18.2 Å². The van der Waals surface area contributed by atoms with Gasteiger partial charge in [0.1, 0.15) is 5.76 Å². The number of halogens is 1. The van der Waals surface area contributed by atoms with Gasteiger partial charge >= 0.3 is 0 Å². The van der Waals surface area contributed by atoms with Gasteiger partial charge in [-0.25, -0.2) is 0 Å². The maximum absolute atomic E-state index is 5.20. The third kappa shape index (κ3) is 2.03. The van der Waals surface area contributed by atoms with Gasteiger partial charge in [0.25, 0.3) is 0 Å². The van der Waals surface area contributed by atoms with Crippen LogP contribution in [0.1, 0.15) is 25.5 Å². The maximum atomic E-state index is 5.20. The molecule has 1 fully saturated rings. The Kier molecular flexibility index (Phi) is 3.33. The quantitative estimate of drug-likeness (QED) is 0.754. The van der Waals surface area contributed by atoms with Crippen LogP contribution in [0.15, 0.2) is 16.8 Å². The zero-order chi connectivity index (χ0) is 8.44. The molecular formula is C9H15ClN2O. The molecule has 0 spiro atoms.